The summed E-state index contributed by atoms with van der Waals surface area (Å²) in [6.45, 7) is 1.35. The van der Waals surface area contributed by atoms with Crippen LogP contribution in [0.2, 0.25) is 0 Å². The molecule has 0 unspecified atom stereocenters. The zero-order valence-electron chi connectivity index (χ0n) is 17.2. The van der Waals surface area contributed by atoms with E-state index in [2.05, 4.69) is 32.2 Å². The Morgan fingerprint density at radius 3 is 2.53 bits per heavy atom. The van der Waals surface area contributed by atoms with E-state index < -0.39 is 0 Å². The van der Waals surface area contributed by atoms with Gasteiger partial charge in [0.2, 0.25) is 0 Å². The molecular formula is C24H20BrN5O2. The highest BCUT2D eigenvalue weighted by Gasteiger charge is 2.21. The third kappa shape index (κ3) is 5.31. The Bertz CT molecular complexity index is 1210. The monoisotopic (exact) mass is 489 g/mol. The van der Waals surface area contributed by atoms with E-state index >= 15 is 0 Å². The number of amides is 1. The van der Waals surface area contributed by atoms with Crippen LogP contribution in [0.1, 0.15) is 33.1 Å². The van der Waals surface area contributed by atoms with E-state index in [1.54, 1.807) is 35.5 Å². The Balaban J connectivity index is 1.51. The zero-order valence-corrected chi connectivity index (χ0v) is 18.8. The summed E-state index contributed by atoms with van der Waals surface area (Å²) in [6.07, 6.45) is 3.84. The molecule has 160 valence electrons. The summed E-state index contributed by atoms with van der Waals surface area (Å²) in [5.41, 5.74) is 2.76. The van der Waals surface area contributed by atoms with Gasteiger partial charge in [-0.15, -0.1) is 10.2 Å². The molecule has 8 heteroatoms. The van der Waals surface area contributed by atoms with Gasteiger partial charge in [0.05, 0.1) is 31.0 Å². The van der Waals surface area contributed by atoms with Crippen molar-refractivity contribution in [2.24, 2.45) is 0 Å². The van der Waals surface area contributed by atoms with Gasteiger partial charge in [0.15, 0.2) is 11.6 Å². The first kappa shape index (κ1) is 21.5. The summed E-state index contributed by atoms with van der Waals surface area (Å²) >= 11 is 3.45. The summed E-state index contributed by atoms with van der Waals surface area (Å²) in [5.74, 6) is 0.768. The van der Waals surface area contributed by atoms with E-state index in [1.807, 2.05) is 41.0 Å². The lowest BCUT2D eigenvalue weighted by atomic mass is 10.1. The average Bonchev–Trinajstić information content (AvgIpc) is 3.50. The van der Waals surface area contributed by atoms with Crippen LogP contribution in [0.25, 0.3) is 0 Å². The van der Waals surface area contributed by atoms with Crippen LogP contribution >= 0.6 is 15.9 Å². The largest absolute Gasteiger partial charge is 0.459 e. The molecule has 2 aromatic heterocycles. The Kier molecular flexibility index (Phi) is 6.78. The molecule has 4 aromatic rings. The average molecular weight is 490 g/mol. The summed E-state index contributed by atoms with van der Waals surface area (Å²) in [7, 11) is 0. The number of furan rings is 1. The fraction of sp³-hybridized carbons (Fsp3) is 0.167. The minimum atomic E-state index is -0.194. The number of hydrogen-bond acceptors (Lipinski definition) is 5. The summed E-state index contributed by atoms with van der Waals surface area (Å²) in [5, 5.41) is 17.3. The van der Waals surface area contributed by atoms with Gasteiger partial charge in [-0.25, -0.2) is 0 Å². The first-order valence-corrected chi connectivity index (χ1v) is 10.8. The summed E-state index contributed by atoms with van der Waals surface area (Å²) < 4.78 is 8.27. The predicted molar refractivity (Wildman–Crippen MR) is 122 cm³/mol. The van der Waals surface area contributed by atoms with Crippen LogP contribution in [-0.2, 0) is 19.5 Å². The fourth-order valence-corrected chi connectivity index (χ4v) is 3.57. The van der Waals surface area contributed by atoms with Crippen molar-refractivity contribution in [3.05, 3.63) is 106 Å². The van der Waals surface area contributed by atoms with Crippen molar-refractivity contribution in [1.82, 2.24) is 19.7 Å². The molecule has 0 N–H and O–H groups in total. The van der Waals surface area contributed by atoms with Crippen LogP contribution in [0.3, 0.4) is 0 Å². The van der Waals surface area contributed by atoms with E-state index in [1.165, 1.54) is 6.26 Å². The quantitative estimate of drug-likeness (QED) is 0.365. The first-order valence-electron chi connectivity index (χ1n) is 10.1. The number of nitriles is 1. The SMILES string of the molecule is N#Cc1ccc(Cn2cnnc2CN(CCc2ccc(Br)cc2)C(=O)c2ccco2)cc1. The molecule has 0 aliphatic rings. The highest BCUT2D eigenvalue weighted by atomic mass is 79.9. The molecule has 7 nitrogen and oxygen atoms in total. The van der Waals surface area contributed by atoms with Crippen molar-refractivity contribution in [1.29, 1.82) is 5.26 Å². The Labute approximate surface area is 194 Å². The van der Waals surface area contributed by atoms with Gasteiger partial charge in [-0.3, -0.25) is 4.79 Å². The lowest BCUT2D eigenvalue weighted by Gasteiger charge is -2.22. The second kappa shape index (κ2) is 10.1. The maximum absolute atomic E-state index is 13.1. The summed E-state index contributed by atoms with van der Waals surface area (Å²) in [4.78, 5) is 14.8. The van der Waals surface area contributed by atoms with Crippen molar-refractivity contribution in [3.63, 3.8) is 0 Å². The fourth-order valence-electron chi connectivity index (χ4n) is 3.31. The van der Waals surface area contributed by atoms with Crippen LogP contribution in [0.4, 0.5) is 0 Å². The number of hydrogen-bond donors (Lipinski definition) is 0. The lowest BCUT2D eigenvalue weighted by Crippen LogP contribution is -2.33. The molecule has 4 rings (SSSR count). The topological polar surface area (TPSA) is 88.0 Å². The van der Waals surface area contributed by atoms with Crippen LogP contribution in [0.15, 0.2) is 82.1 Å². The van der Waals surface area contributed by atoms with E-state index in [0.717, 1.165) is 15.6 Å². The second-order valence-corrected chi connectivity index (χ2v) is 8.18. The predicted octanol–water partition coefficient (Wildman–Crippen LogP) is 4.44. The van der Waals surface area contributed by atoms with Crippen molar-refractivity contribution >= 4 is 21.8 Å². The second-order valence-electron chi connectivity index (χ2n) is 7.26. The third-order valence-corrected chi connectivity index (χ3v) is 5.60. The molecule has 0 spiro atoms. The van der Waals surface area contributed by atoms with Gasteiger partial charge >= 0.3 is 0 Å². The highest BCUT2D eigenvalue weighted by molar-refractivity contribution is 9.10. The van der Waals surface area contributed by atoms with Gasteiger partial charge in [-0.1, -0.05) is 40.2 Å². The van der Waals surface area contributed by atoms with Gasteiger partial charge in [0.25, 0.3) is 5.91 Å². The summed E-state index contributed by atoms with van der Waals surface area (Å²) in [6, 6.07) is 20.9. The van der Waals surface area contributed by atoms with Gasteiger partial charge < -0.3 is 13.9 Å². The smallest absolute Gasteiger partial charge is 0.289 e. The molecule has 2 heterocycles. The van der Waals surface area contributed by atoms with E-state index in [0.29, 0.717) is 43.2 Å². The highest BCUT2D eigenvalue weighted by Crippen LogP contribution is 2.15. The molecule has 0 fully saturated rings. The van der Waals surface area contributed by atoms with Gasteiger partial charge in [-0.05, 0) is 53.9 Å². The molecule has 1 amide bonds. The Morgan fingerprint density at radius 2 is 1.84 bits per heavy atom. The Morgan fingerprint density at radius 1 is 1.09 bits per heavy atom. The van der Waals surface area contributed by atoms with Crippen LogP contribution in [0, 0.1) is 11.3 Å². The molecular weight excluding hydrogens is 470 g/mol. The van der Waals surface area contributed by atoms with Crippen molar-refractivity contribution in [2.75, 3.05) is 6.54 Å². The molecule has 32 heavy (non-hydrogen) atoms. The molecule has 0 aliphatic carbocycles. The maximum atomic E-state index is 13.1. The van der Waals surface area contributed by atoms with Crippen molar-refractivity contribution < 1.29 is 9.21 Å². The van der Waals surface area contributed by atoms with Crippen LogP contribution < -0.4 is 0 Å². The number of carbonyl (C=O) groups excluding carboxylic acids is 1. The van der Waals surface area contributed by atoms with E-state index in [4.69, 9.17) is 9.68 Å². The molecule has 0 radical (unpaired) electrons. The number of aromatic nitrogens is 3. The third-order valence-electron chi connectivity index (χ3n) is 5.07. The molecule has 0 saturated heterocycles. The number of benzene rings is 2. The number of nitrogens with zero attached hydrogens (tertiary/aromatic N) is 5. The number of halogens is 1. The van der Waals surface area contributed by atoms with E-state index in [-0.39, 0.29) is 5.91 Å². The van der Waals surface area contributed by atoms with Gasteiger partial charge in [0, 0.05) is 11.0 Å². The number of carbonyl (C=O) groups is 1. The van der Waals surface area contributed by atoms with Crippen molar-refractivity contribution in [3.8, 4) is 6.07 Å². The molecule has 0 saturated carbocycles. The standard InChI is InChI=1S/C24H20BrN5O2/c25-21-9-7-18(8-10-21)11-12-29(24(31)22-2-1-13-32-22)16-23-28-27-17-30(23)15-20-5-3-19(14-26)4-6-20/h1-10,13,17H,11-12,15-16H2. The van der Waals surface area contributed by atoms with Crippen LogP contribution in [0.5, 0.6) is 0 Å². The minimum absolute atomic E-state index is 0.194. The number of rotatable bonds is 8. The zero-order chi connectivity index (χ0) is 22.3. The van der Waals surface area contributed by atoms with Crippen molar-refractivity contribution in [2.45, 2.75) is 19.5 Å². The van der Waals surface area contributed by atoms with Crippen LogP contribution in [-0.4, -0.2) is 32.1 Å². The van der Waals surface area contributed by atoms with Gasteiger partial charge in [0.1, 0.15) is 6.33 Å². The normalized spacial score (nSPS) is 10.6. The first-order chi connectivity index (χ1) is 15.6. The minimum Gasteiger partial charge on any atom is -0.459 e. The molecule has 0 aliphatic heterocycles. The molecule has 0 bridgehead atoms. The molecule has 0 atom stereocenters. The van der Waals surface area contributed by atoms with Gasteiger partial charge in [-0.2, -0.15) is 5.26 Å². The van der Waals surface area contributed by atoms with E-state index in [9.17, 15) is 4.79 Å². The maximum Gasteiger partial charge on any atom is 0.289 e. The molecule has 2 aromatic carbocycles. The Hall–Kier alpha value is -3.70. The lowest BCUT2D eigenvalue weighted by molar-refractivity contribution is 0.0707.